The highest BCUT2D eigenvalue weighted by Crippen LogP contribution is 2.34. The molecule has 0 radical (unpaired) electrons. The summed E-state index contributed by atoms with van der Waals surface area (Å²) in [6.07, 6.45) is 7.49. The van der Waals surface area contributed by atoms with Gasteiger partial charge in [0.05, 0.1) is 5.60 Å². The Morgan fingerprint density at radius 3 is 2.57 bits per heavy atom. The first-order valence-corrected chi connectivity index (χ1v) is 8.70. The van der Waals surface area contributed by atoms with Gasteiger partial charge >= 0.3 is 0 Å². The molecular weight excluding hydrogens is 333 g/mol. The standard InChI is InChI=1S/C17H25BrFNO/c1-2-21-17(9-5-3-4-6-10-17)16(20)12-13-11-14(19)7-8-15(13)18/h7-8,11,16H,2-6,9-10,12,20H2,1H3. The van der Waals surface area contributed by atoms with Crippen molar-refractivity contribution in [2.75, 3.05) is 6.61 Å². The fraction of sp³-hybridized carbons (Fsp3) is 0.647. The Balaban J connectivity index is 2.17. The van der Waals surface area contributed by atoms with Crippen LogP contribution in [0.1, 0.15) is 51.0 Å². The van der Waals surface area contributed by atoms with Crippen LogP contribution in [-0.4, -0.2) is 18.2 Å². The Labute approximate surface area is 135 Å². The molecule has 0 spiro atoms. The van der Waals surface area contributed by atoms with E-state index in [1.807, 2.05) is 6.92 Å². The van der Waals surface area contributed by atoms with Gasteiger partial charge in [-0.3, -0.25) is 0 Å². The number of halogens is 2. The Morgan fingerprint density at radius 2 is 1.95 bits per heavy atom. The van der Waals surface area contributed by atoms with E-state index in [0.717, 1.165) is 35.7 Å². The summed E-state index contributed by atoms with van der Waals surface area (Å²) in [6, 6.07) is 4.68. The third kappa shape index (κ3) is 4.27. The molecule has 4 heteroatoms. The van der Waals surface area contributed by atoms with Crippen molar-refractivity contribution in [3.63, 3.8) is 0 Å². The van der Waals surface area contributed by atoms with E-state index in [9.17, 15) is 4.39 Å². The van der Waals surface area contributed by atoms with E-state index in [-0.39, 0.29) is 17.5 Å². The number of nitrogens with two attached hydrogens (primary N) is 1. The molecule has 118 valence electrons. The molecule has 1 aliphatic carbocycles. The molecule has 2 nitrogen and oxygen atoms in total. The quantitative estimate of drug-likeness (QED) is 0.782. The van der Waals surface area contributed by atoms with Crippen molar-refractivity contribution in [1.29, 1.82) is 0 Å². The highest BCUT2D eigenvalue weighted by molar-refractivity contribution is 9.10. The maximum atomic E-state index is 13.5. The largest absolute Gasteiger partial charge is 0.374 e. The first-order chi connectivity index (χ1) is 10.1. The van der Waals surface area contributed by atoms with Gasteiger partial charge in [0.2, 0.25) is 0 Å². The summed E-state index contributed by atoms with van der Waals surface area (Å²) in [6.45, 7) is 2.70. The predicted octanol–water partition coefficient (Wildman–Crippen LogP) is 4.59. The zero-order chi connectivity index (χ0) is 15.3. The molecule has 0 amide bonds. The van der Waals surface area contributed by atoms with Gasteiger partial charge in [-0.25, -0.2) is 4.39 Å². The molecule has 0 aromatic heterocycles. The molecule has 1 aromatic rings. The second-order valence-corrected chi connectivity index (χ2v) is 6.81. The lowest BCUT2D eigenvalue weighted by molar-refractivity contribution is -0.0683. The van der Waals surface area contributed by atoms with E-state index < -0.39 is 0 Å². The van der Waals surface area contributed by atoms with Gasteiger partial charge in [0.1, 0.15) is 5.82 Å². The zero-order valence-electron chi connectivity index (χ0n) is 12.7. The lowest BCUT2D eigenvalue weighted by atomic mass is 9.83. The highest BCUT2D eigenvalue weighted by atomic mass is 79.9. The summed E-state index contributed by atoms with van der Waals surface area (Å²) in [5.41, 5.74) is 7.19. The van der Waals surface area contributed by atoms with Gasteiger partial charge in [-0.1, -0.05) is 41.6 Å². The van der Waals surface area contributed by atoms with Crippen molar-refractivity contribution < 1.29 is 9.13 Å². The molecule has 0 saturated heterocycles. The molecular formula is C17H25BrFNO. The minimum atomic E-state index is -0.253. The SMILES string of the molecule is CCOC1(C(N)Cc2cc(F)ccc2Br)CCCCCC1. The van der Waals surface area contributed by atoms with Gasteiger partial charge in [-0.15, -0.1) is 0 Å². The molecule has 0 aliphatic heterocycles. The topological polar surface area (TPSA) is 35.2 Å². The molecule has 1 atom stereocenters. The van der Waals surface area contributed by atoms with E-state index in [2.05, 4.69) is 15.9 Å². The smallest absolute Gasteiger partial charge is 0.123 e. The van der Waals surface area contributed by atoms with Gasteiger partial charge in [-0.2, -0.15) is 0 Å². The molecule has 1 aromatic carbocycles. The molecule has 1 aliphatic rings. The van der Waals surface area contributed by atoms with Crippen LogP contribution in [0.5, 0.6) is 0 Å². The van der Waals surface area contributed by atoms with Crippen LogP contribution in [0.25, 0.3) is 0 Å². The minimum Gasteiger partial charge on any atom is -0.374 e. The number of benzene rings is 1. The number of hydrogen-bond donors (Lipinski definition) is 1. The second kappa shape index (κ2) is 7.70. The maximum Gasteiger partial charge on any atom is 0.123 e. The number of rotatable bonds is 5. The second-order valence-electron chi connectivity index (χ2n) is 5.96. The fourth-order valence-corrected chi connectivity index (χ4v) is 3.77. The van der Waals surface area contributed by atoms with E-state index >= 15 is 0 Å². The van der Waals surface area contributed by atoms with Crippen LogP contribution in [0.15, 0.2) is 22.7 Å². The fourth-order valence-electron chi connectivity index (χ4n) is 3.36. The van der Waals surface area contributed by atoms with Crippen molar-refractivity contribution in [3.05, 3.63) is 34.1 Å². The van der Waals surface area contributed by atoms with Crippen LogP contribution >= 0.6 is 15.9 Å². The van der Waals surface area contributed by atoms with E-state index in [1.54, 1.807) is 12.1 Å². The molecule has 1 fully saturated rings. The van der Waals surface area contributed by atoms with E-state index in [1.165, 1.54) is 18.9 Å². The summed E-state index contributed by atoms with van der Waals surface area (Å²) < 4.78 is 20.5. The zero-order valence-corrected chi connectivity index (χ0v) is 14.3. The van der Waals surface area contributed by atoms with E-state index in [0.29, 0.717) is 13.0 Å². The van der Waals surface area contributed by atoms with Crippen LogP contribution in [-0.2, 0) is 11.2 Å². The van der Waals surface area contributed by atoms with Crippen LogP contribution in [0, 0.1) is 5.82 Å². The van der Waals surface area contributed by atoms with Crippen molar-refractivity contribution in [1.82, 2.24) is 0 Å². The third-order valence-corrected chi connectivity index (χ3v) is 5.28. The van der Waals surface area contributed by atoms with Crippen molar-refractivity contribution in [3.8, 4) is 0 Å². The predicted molar refractivity (Wildman–Crippen MR) is 87.8 cm³/mol. The summed E-state index contributed by atoms with van der Waals surface area (Å²) in [5.74, 6) is -0.216. The average Bonchev–Trinajstić information content (AvgIpc) is 2.70. The molecule has 0 bridgehead atoms. The van der Waals surface area contributed by atoms with Crippen molar-refractivity contribution >= 4 is 15.9 Å². The Kier molecular flexibility index (Phi) is 6.20. The Bertz CT molecular complexity index is 458. The van der Waals surface area contributed by atoms with Crippen LogP contribution in [0.4, 0.5) is 4.39 Å². The van der Waals surface area contributed by atoms with Gasteiger partial charge in [0, 0.05) is 17.1 Å². The Hall–Kier alpha value is -0.450. The minimum absolute atomic E-state index is 0.103. The summed E-state index contributed by atoms with van der Waals surface area (Å²) in [5, 5.41) is 0. The molecule has 21 heavy (non-hydrogen) atoms. The first kappa shape index (κ1) is 16.9. The van der Waals surface area contributed by atoms with Crippen LogP contribution in [0.3, 0.4) is 0 Å². The van der Waals surface area contributed by atoms with Gasteiger partial charge in [-0.05, 0) is 49.9 Å². The Morgan fingerprint density at radius 1 is 1.29 bits per heavy atom. The lowest BCUT2D eigenvalue weighted by Gasteiger charge is -2.38. The van der Waals surface area contributed by atoms with Crippen molar-refractivity contribution in [2.24, 2.45) is 5.73 Å². The number of hydrogen-bond acceptors (Lipinski definition) is 2. The normalized spacial score (nSPS) is 20.0. The first-order valence-electron chi connectivity index (χ1n) is 7.91. The lowest BCUT2D eigenvalue weighted by Crippen LogP contribution is -2.51. The summed E-state index contributed by atoms with van der Waals surface area (Å²) >= 11 is 3.49. The molecule has 0 heterocycles. The van der Waals surface area contributed by atoms with Gasteiger partial charge in [0.25, 0.3) is 0 Å². The van der Waals surface area contributed by atoms with Crippen LogP contribution in [0.2, 0.25) is 0 Å². The third-order valence-electron chi connectivity index (χ3n) is 4.51. The number of ether oxygens (including phenoxy) is 1. The monoisotopic (exact) mass is 357 g/mol. The molecule has 2 rings (SSSR count). The summed E-state index contributed by atoms with van der Waals surface area (Å²) in [4.78, 5) is 0. The van der Waals surface area contributed by atoms with Crippen LogP contribution < -0.4 is 5.73 Å². The molecule has 1 unspecified atom stereocenters. The molecule has 1 saturated carbocycles. The molecule has 2 N–H and O–H groups in total. The highest BCUT2D eigenvalue weighted by Gasteiger charge is 2.37. The van der Waals surface area contributed by atoms with E-state index in [4.69, 9.17) is 10.5 Å². The van der Waals surface area contributed by atoms with Crippen molar-refractivity contribution in [2.45, 2.75) is 63.5 Å². The maximum absolute atomic E-state index is 13.5. The van der Waals surface area contributed by atoms with Gasteiger partial charge in [0.15, 0.2) is 0 Å². The summed E-state index contributed by atoms with van der Waals surface area (Å²) in [7, 11) is 0. The average molecular weight is 358 g/mol. The van der Waals surface area contributed by atoms with Gasteiger partial charge < -0.3 is 10.5 Å².